The third-order valence-electron chi connectivity index (χ3n) is 4.69. The Kier molecular flexibility index (Phi) is 4.81. The van der Waals surface area contributed by atoms with Gasteiger partial charge in [-0.1, -0.05) is 6.07 Å². The van der Waals surface area contributed by atoms with Gasteiger partial charge in [0.1, 0.15) is 0 Å². The fraction of sp³-hybridized carbons (Fsp3) is 0.333. The summed E-state index contributed by atoms with van der Waals surface area (Å²) in [6.07, 6.45) is 0. The Morgan fingerprint density at radius 1 is 0.963 bits per heavy atom. The summed E-state index contributed by atoms with van der Waals surface area (Å²) in [6, 6.07) is 13.0. The number of fused-ring (bicyclic) bond motifs is 1. The van der Waals surface area contributed by atoms with Crippen LogP contribution in [0.15, 0.2) is 42.5 Å². The molecule has 1 saturated heterocycles. The van der Waals surface area contributed by atoms with Gasteiger partial charge < -0.3 is 14.4 Å². The predicted octanol–water partition coefficient (Wildman–Crippen LogP) is 1.95. The number of hydrogen-bond donors (Lipinski definition) is 2. The monoisotopic (exact) mass is 391 g/mol. The summed E-state index contributed by atoms with van der Waals surface area (Å²) >= 11 is 0. The summed E-state index contributed by atoms with van der Waals surface area (Å²) < 4.78 is 43.3. The maximum Gasteiger partial charge on any atom is 0.357 e. The quantitative estimate of drug-likeness (QED) is 0.753. The fourth-order valence-corrected chi connectivity index (χ4v) is 3.78. The summed E-state index contributed by atoms with van der Waals surface area (Å²) in [5.41, 5.74) is 2.56. The lowest BCUT2D eigenvalue weighted by atomic mass is 10.1. The first-order valence-electron chi connectivity index (χ1n) is 8.67. The maximum atomic E-state index is 10.8. The highest BCUT2D eigenvalue weighted by molar-refractivity contribution is 7.87. The molecule has 0 spiro atoms. The molecule has 144 valence electrons. The van der Waals surface area contributed by atoms with Crippen LogP contribution in [0.4, 0.5) is 11.4 Å². The highest BCUT2D eigenvalue weighted by Gasteiger charge is 2.19. The van der Waals surface area contributed by atoms with Gasteiger partial charge in [-0.3, -0.25) is 14.2 Å². The normalized spacial score (nSPS) is 17.1. The molecule has 0 unspecified atom stereocenters. The Balaban J connectivity index is 1.32. The molecule has 27 heavy (non-hydrogen) atoms. The number of ether oxygens (including phenoxy) is 2. The Morgan fingerprint density at radius 3 is 2.37 bits per heavy atom. The van der Waals surface area contributed by atoms with Gasteiger partial charge in [-0.25, -0.2) is 0 Å². The first kappa shape index (κ1) is 17.9. The Morgan fingerprint density at radius 2 is 1.67 bits per heavy atom. The van der Waals surface area contributed by atoms with E-state index in [-0.39, 0.29) is 6.79 Å². The molecule has 2 aromatic carbocycles. The summed E-state index contributed by atoms with van der Waals surface area (Å²) in [6.45, 7) is 4.78. The van der Waals surface area contributed by atoms with Crippen LogP contribution in [0.5, 0.6) is 11.5 Å². The number of benzene rings is 2. The highest BCUT2D eigenvalue weighted by Crippen LogP contribution is 2.33. The lowest BCUT2D eigenvalue weighted by Crippen LogP contribution is -2.45. The van der Waals surface area contributed by atoms with E-state index in [1.807, 2.05) is 29.0 Å². The molecule has 0 bridgehead atoms. The van der Waals surface area contributed by atoms with Gasteiger partial charge in [0.05, 0.1) is 5.69 Å². The van der Waals surface area contributed by atoms with E-state index in [1.54, 1.807) is 12.1 Å². The van der Waals surface area contributed by atoms with Crippen molar-refractivity contribution in [1.29, 1.82) is 0 Å². The molecule has 9 heteroatoms. The third kappa shape index (κ3) is 4.44. The van der Waals surface area contributed by atoms with Crippen LogP contribution in [-0.2, 0) is 16.8 Å². The van der Waals surface area contributed by atoms with Crippen LogP contribution in [0.25, 0.3) is 0 Å². The van der Waals surface area contributed by atoms with Crippen molar-refractivity contribution in [1.82, 2.24) is 4.90 Å². The van der Waals surface area contributed by atoms with Crippen LogP contribution < -0.4 is 19.1 Å². The largest absolute Gasteiger partial charge is 0.454 e. The molecule has 0 amide bonds. The molecule has 1 fully saturated rings. The van der Waals surface area contributed by atoms with Crippen LogP contribution >= 0.6 is 0 Å². The second kappa shape index (κ2) is 7.26. The van der Waals surface area contributed by atoms with Crippen LogP contribution in [-0.4, -0.2) is 50.8 Å². The number of hydrogen-bond acceptors (Lipinski definition) is 6. The van der Waals surface area contributed by atoms with E-state index in [9.17, 15) is 8.42 Å². The van der Waals surface area contributed by atoms with Gasteiger partial charge in [0, 0.05) is 38.4 Å². The van der Waals surface area contributed by atoms with Crippen LogP contribution in [0.3, 0.4) is 0 Å². The highest BCUT2D eigenvalue weighted by atomic mass is 32.2. The smallest absolute Gasteiger partial charge is 0.357 e. The van der Waals surface area contributed by atoms with Crippen molar-refractivity contribution in [2.75, 3.05) is 42.6 Å². The zero-order valence-electron chi connectivity index (χ0n) is 14.7. The summed E-state index contributed by atoms with van der Waals surface area (Å²) in [5, 5.41) is 0. The molecule has 0 aliphatic carbocycles. The average molecular weight is 391 g/mol. The standard InChI is InChI=1S/C18H21N3O5S/c22-27(23,24)19-15-2-4-16(5-3-15)21-9-7-20(8-10-21)12-14-1-6-17-18(11-14)26-13-25-17/h1-6,11,19H,7-10,12-13H2,(H,22,23,24). The van der Waals surface area contributed by atoms with Crippen LogP contribution in [0.1, 0.15) is 5.56 Å². The zero-order valence-corrected chi connectivity index (χ0v) is 15.5. The first-order chi connectivity index (χ1) is 13.0. The van der Waals surface area contributed by atoms with E-state index < -0.39 is 10.3 Å². The molecular formula is C18H21N3O5S. The van der Waals surface area contributed by atoms with E-state index in [1.165, 1.54) is 5.56 Å². The molecule has 2 N–H and O–H groups in total. The Bertz CT molecular complexity index is 909. The molecule has 2 aromatic rings. The van der Waals surface area contributed by atoms with E-state index in [4.69, 9.17) is 14.0 Å². The van der Waals surface area contributed by atoms with Gasteiger partial charge in [0.25, 0.3) is 0 Å². The fourth-order valence-electron chi connectivity index (χ4n) is 3.35. The lowest BCUT2D eigenvalue weighted by molar-refractivity contribution is 0.174. The molecule has 2 aliphatic heterocycles. The SMILES string of the molecule is O=S(=O)(O)Nc1ccc(N2CCN(Cc3ccc4c(c3)OCO4)CC2)cc1. The van der Waals surface area contributed by atoms with E-state index in [0.29, 0.717) is 5.69 Å². The van der Waals surface area contributed by atoms with Gasteiger partial charge >= 0.3 is 10.3 Å². The number of anilines is 2. The number of rotatable bonds is 5. The van der Waals surface area contributed by atoms with E-state index in [0.717, 1.165) is 49.9 Å². The second-order valence-corrected chi connectivity index (χ2v) is 7.73. The molecule has 0 saturated carbocycles. The van der Waals surface area contributed by atoms with Crippen molar-refractivity contribution in [3.63, 3.8) is 0 Å². The summed E-state index contributed by atoms with van der Waals surface area (Å²) in [5.74, 6) is 1.61. The molecule has 0 aromatic heterocycles. The topological polar surface area (TPSA) is 91.3 Å². The van der Waals surface area contributed by atoms with Gasteiger partial charge in [0.15, 0.2) is 11.5 Å². The van der Waals surface area contributed by atoms with Crippen LogP contribution in [0, 0.1) is 0 Å². The molecular weight excluding hydrogens is 370 g/mol. The van der Waals surface area contributed by atoms with E-state index >= 15 is 0 Å². The van der Waals surface area contributed by atoms with Gasteiger partial charge in [-0.15, -0.1) is 0 Å². The minimum absolute atomic E-state index is 0.288. The minimum atomic E-state index is -4.24. The number of nitrogens with zero attached hydrogens (tertiary/aromatic N) is 2. The Labute approximate surface area is 158 Å². The van der Waals surface area contributed by atoms with Crippen molar-refractivity contribution < 1.29 is 22.4 Å². The van der Waals surface area contributed by atoms with Crippen LogP contribution in [0.2, 0.25) is 0 Å². The predicted molar refractivity (Wildman–Crippen MR) is 102 cm³/mol. The Hall–Kier alpha value is -2.49. The van der Waals surface area contributed by atoms with Gasteiger partial charge in [-0.05, 0) is 42.0 Å². The summed E-state index contributed by atoms with van der Waals surface area (Å²) in [7, 11) is -4.24. The van der Waals surface area contributed by atoms with Crippen molar-refractivity contribution in [3.8, 4) is 11.5 Å². The maximum absolute atomic E-state index is 10.8. The molecule has 8 nitrogen and oxygen atoms in total. The molecule has 0 atom stereocenters. The summed E-state index contributed by atoms with van der Waals surface area (Å²) in [4.78, 5) is 4.65. The number of nitrogens with one attached hydrogen (secondary N) is 1. The second-order valence-electron chi connectivity index (χ2n) is 6.57. The zero-order chi connectivity index (χ0) is 18.9. The third-order valence-corrected chi connectivity index (χ3v) is 5.19. The van der Waals surface area contributed by atoms with Gasteiger partial charge in [-0.2, -0.15) is 8.42 Å². The van der Waals surface area contributed by atoms with Crippen molar-refractivity contribution in [2.24, 2.45) is 0 Å². The van der Waals surface area contributed by atoms with Gasteiger partial charge in [0.2, 0.25) is 6.79 Å². The van der Waals surface area contributed by atoms with Crippen molar-refractivity contribution >= 4 is 21.7 Å². The van der Waals surface area contributed by atoms with Crippen molar-refractivity contribution in [2.45, 2.75) is 6.54 Å². The molecule has 2 aliphatic rings. The average Bonchev–Trinajstić information content (AvgIpc) is 3.10. The minimum Gasteiger partial charge on any atom is -0.454 e. The molecule has 4 rings (SSSR count). The number of piperazine rings is 1. The molecule has 2 heterocycles. The van der Waals surface area contributed by atoms with E-state index in [2.05, 4.69) is 15.9 Å². The van der Waals surface area contributed by atoms with Crippen molar-refractivity contribution in [3.05, 3.63) is 48.0 Å². The molecule has 0 radical (unpaired) electrons. The first-order valence-corrected chi connectivity index (χ1v) is 10.1. The lowest BCUT2D eigenvalue weighted by Gasteiger charge is -2.36.